The Hall–Kier alpha value is -0.780. The number of unbranched alkanes of at least 4 members (excludes halogenated alkanes) is 1. The van der Waals surface area contributed by atoms with Crippen LogP contribution in [-0.2, 0) is 0 Å². The third-order valence-corrected chi connectivity index (χ3v) is 2.30. The standard InChI is InChI=1S/C12H17/c1-3-4-8-11(2)12-9-6-5-7-10-12/h6-7,9-11H,3-4,8H2,1-2H3. The summed E-state index contributed by atoms with van der Waals surface area (Å²) >= 11 is 0. The van der Waals surface area contributed by atoms with Gasteiger partial charge in [-0.15, -0.1) is 0 Å². The van der Waals surface area contributed by atoms with Gasteiger partial charge in [0.1, 0.15) is 0 Å². The zero-order valence-electron chi connectivity index (χ0n) is 8.01. The van der Waals surface area contributed by atoms with Crippen LogP contribution in [0.25, 0.3) is 0 Å². The van der Waals surface area contributed by atoms with Crippen LogP contribution < -0.4 is 0 Å². The Balaban J connectivity index is 2.48. The molecule has 0 spiro atoms. The van der Waals surface area contributed by atoms with Crippen LogP contribution in [0.15, 0.2) is 24.3 Å². The monoisotopic (exact) mass is 161 g/mol. The summed E-state index contributed by atoms with van der Waals surface area (Å²) in [6, 6.07) is 11.4. The minimum absolute atomic E-state index is 0.708. The molecular formula is C12H17. The van der Waals surface area contributed by atoms with Gasteiger partial charge in [0.15, 0.2) is 0 Å². The smallest absolute Gasteiger partial charge is 0.0184 e. The van der Waals surface area contributed by atoms with Crippen LogP contribution in [0.1, 0.15) is 44.6 Å². The Morgan fingerprint density at radius 3 is 2.58 bits per heavy atom. The quantitative estimate of drug-likeness (QED) is 0.630. The van der Waals surface area contributed by atoms with Gasteiger partial charge in [0.05, 0.1) is 0 Å². The molecule has 65 valence electrons. The van der Waals surface area contributed by atoms with Crippen molar-refractivity contribution < 1.29 is 0 Å². The molecule has 0 heterocycles. The Bertz CT molecular complexity index is 201. The second kappa shape index (κ2) is 4.97. The van der Waals surface area contributed by atoms with Crippen molar-refractivity contribution in [1.29, 1.82) is 0 Å². The van der Waals surface area contributed by atoms with Crippen molar-refractivity contribution in [1.82, 2.24) is 0 Å². The summed E-state index contributed by atoms with van der Waals surface area (Å²) in [7, 11) is 0. The van der Waals surface area contributed by atoms with Crippen molar-refractivity contribution in [3.05, 3.63) is 35.9 Å². The molecule has 0 aliphatic carbocycles. The van der Waals surface area contributed by atoms with E-state index in [-0.39, 0.29) is 0 Å². The summed E-state index contributed by atoms with van der Waals surface area (Å²) in [4.78, 5) is 0. The third kappa shape index (κ3) is 2.69. The minimum Gasteiger partial charge on any atom is -0.0654 e. The van der Waals surface area contributed by atoms with Crippen LogP contribution in [0.2, 0.25) is 0 Å². The lowest BCUT2D eigenvalue weighted by Crippen LogP contribution is -1.92. The van der Waals surface area contributed by atoms with Gasteiger partial charge < -0.3 is 0 Å². The van der Waals surface area contributed by atoms with E-state index in [1.807, 2.05) is 12.1 Å². The highest BCUT2D eigenvalue weighted by atomic mass is 14.1. The van der Waals surface area contributed by atoms with Crippen molar-refractivity contribution in [2.75, 3.05) is 0 Å². The van der Waals surface area contributed by atoms with Gasteiger partial charge in [0.25, 0.3) is 0 Å². The Labute approximate surface area is 75.6 Å². The number of rotatable bonds is 4. The van der Waals surface area contributed by atoms with Crippen LogP contribution in [-0.4, -0.2) is 0 Å². The Morgan fingerprint density at radius 2 is 2.00 bits per heavy atom. The second-order valence-electron chi connectivity index (χ2n) is 3.38. The van der Waals surface area contributed by atoms with Crippen molar-refractivity contribution in [3.8, 4) is 0 Å². The molecule has 12 heavy (non-hydrogen) atoms. The van der Waals surface area contributed by atoms with Gasteiger partial charge in [-0.05, 0) is 24.0 Å². The molecule has 0 amide bonds. The molecular weight excluding hydrogens is 144 g/mol. The van der Waals surface area contributed by atoms with E-state index in [1.165, 1.54) is 24.8 Å². The van der Waals surface area contributed by atoms with Gasteiger partial charge in [-0.1, -0.05) is 51.0 Å². The SMILES string of the molecule is CCCCC(C)c1cc[c]cc1. The Morgan fingerprint density at radius 1 is 1.33 bits per heavy atom. The van der Waals surface area contributed by atoms with Gasteiger partial charge in [-0.2, -0.15) is 0 Å². The van der Waals surface area contributed by atoms with E-state index in [0.29, 0.717) is 5.92 Å². The van der Waals surface area contributed by atoms with E-state index in [1.54, 1.807) is 0 Å². The lowest BCUT2D eigenvalue weighted by atomic mass is 9.96. The first-order valence-electron chi connectivity index (χ1n) is 4.80. The third-order valence-electron chi connectivity index (χ3n) is 2.30. The molecule has 0 nitrogen and oxygen atoms in total. The van der Waals surface area contributed by atoms with Crippen LogP contribution in [0.3, 0.4) is 0 Å². The highest BCUT2D eigenvalue weighted by molar-refractivity contribution is 5.17. The van der Waals surface area contributed by atoms with Gasteiger partial charge in [-0.25, -0.2) is 0 Å². The summed E-state index contributed by atoms with van der Waals surface area (Å²) in [6.07, 6.45) is 3.93. The average Bonchev–Trinajstić information content (AvgIpc) is 2.15. The van der Waals surface area contributed by atoms with Gasteiger partial charge in [-0.3, -0.25) is 0 Å². The molecule has 0 aromatic heterocycles. The number of benzene rings is 1. The minimum atomic E-state index is 0.708. The predicted molar refractivity (Wildman–Crippen MR) is 53.2 cm³/mol. The zero-order chi connectivity index (χ0) is 8.81. The topological polar surface area (TPSA) is 0 Å². The first kappa shape index (κ1) is 9.31. The van der Waals surface area contributed by atoms with Crippen molar-refractivity contribution >= 4 is 0 Å². The van der Waals surface area contributed by atoms with Crippen molar-refractivity contribution in [2.24, 2.45) is 0 Å². The Kier molecular flexibility index (Phi) is 3.86. The van der Waals surface area contributed by atoms with Gasteiger partial charge in [0, 0.05) is 0 Å². The van der Waals surface area contributed by atoms with Crippen molar-refractivity contribution in [2.45, 2.75) is 39.0 Å². The summed E-state index contributed by atoms with van der Waals surface area (Å²) in [5.41, 5.74) is 1.45. The number of hydrogen-bond acceptors (Lipinski definition) is 0. The molecule has 1 atom stereocenters. The van der Waals surface area contributed by atoms with Crippen molar-refractivity contribution in [3.63, 3.8) is 0 Å². The molecule has 1 aromatic rings. The first-order chi connectivity index (χ1) is 5.84. The maximum atomic E-state index is 3.04. The molecule has 0 heteroatoms. The first-order valence-corrected chi connectivity index (χ1v) is 4.80. The van der Waals surface area contributed by atoms with Gasteiger partial charge >= 0.3 is 0 Å². The summed E-state index contributed by atoms with van der Waals surface area (Å²) in [5, 5.41) is 0. The van der Waals surface area contributed by atoms with E-state index in [4.69, 9.17) is 0 Å². The normalized spacial score (nSPS) is 12.8. The van der Waals surface area contributed by atoms with Gasteiger partial charge in [0.2, 0.25) is 0 Å². The molecule has 1 rings (SSSR count). The molecule has 0 saturated heterocycles. The maximum Gasteiger partial charge on any atom is -0.0184 e. The molecule has 0 N–H and O–H groups in total. The second-order valence-corrected chi connectivity index (χ2v) is 3.38. The molecule has 0 aliphatic heterocycles. The maximum absolute atomic E-state index is 3.04. The highest BCUT2D eigenvalue weighted by Gasteiger charge is 2.02. The highest BCUT2D eigenvalue weighted by Crippen LogP contribution is 2.20. The van der Waals surface area contributed by atoms with E-state index in [0.717, 1.165) is 0 Å². The average molecular weight is 161 g/mol. The molecule has 0 saturated carbocycles. The lowest BCUT2D eigenvalue weighted by molar-refractivity contribution is 0.624. The fraction of sp³-hybridized carbons (Fsp3) is 0.500. The molecule has 0 bridgehead atoms. The predicted octanol–water partition coefficient (Wildman–Crippen LogP) is 3.78. The van der Waals surface area contributed by atoms with E-state index in [2.05, 4.69) is 32.0 Å². The van der Waals surface area contributed by atoms with Crippen LogP contribution in [0.5, 0.6) is 0 Å². The van der Waals surface area contributed by atoms with Crippen LogP contribution in [0, 0.1) is 6.07 Å². The van der Waals surface area contributed by atoms with Crippen LogP contribution >= 0.6 is 0 Å². The van der Waals surface area contributed by atoms with Crippen LogP contribution in [0.4, 0.5) is 0 Å². The molecule has 1 unspecified atom stereocenters. The van der Waals surface area contributed by atoms with E-state index >= 15 is 0 Å². The summed E-state index contributed by atoms with van der Waals surface area (Å²) < 4.78 is 0. The molecule has 1 aromatic carbocycles. The summed E-state index contributed by atoms with van der Waals surface area (Å²) in [5.74, 6) is 0.708. The van der Waals surface area contributed by atoms with E-state index < -0.39 is 0 Å². The lowest BCUT2D eigenvalue weighted by Gasteiger charge is -2.09. The fourth-order valence-electron chi connectivity index (χ4n) is 1.41. The fourth-order valence-corrected chi connectivity index (χ4v) is 1.41. The summed E-state index contributed by atoms with van der Waals surface area (Å²) in [6.45, 7) is 4.54. The molecule has 1 radical (unpaired) electrons. The largest absolute Gasteiger partial charge is 0.0654 e. The molecule has 0 fully saturated rings. The zero-order valence-corrected chi connectivity index (χ0v) is 8.01. The van der Waals surface area contributed by atoms with E-state index in [9.17, 15) is 0 Å². The number of hydrogen-bond donors (Lipinski definition) is 0. The molecule has 0 aliphatic rings.